The van der Waals surface area contributed by atoms with E-state index in [1.807, 2.05) is 0 Å². The van der Waals surface area contributed by atoms with Crippen LogP contribution in [0.1, 0.15) is 41.0 Å². The summed E-state index contributed by atoms with van der Waals surface area (Å²) in [6, 6.07) is 9.75. The molecule has 0 aromatic heterocycles. The second kappa shape index (κ2) is 20.5. The standard InChI is InChI=1S/C34H38N12O13/c1-15(39-43-35)25-28(55-31(51)17-9-5-3-6-10-17)30(56-32(52)18-11-7-4-8-12-18)34(57-25)59-29-26(53-16(2)48)19(40-44-36)13-20(41-45-37)27(29)58-33-22(42-46-38)24(50)23(49)21(14-47)54-33/h3-12,15,19-30,33-34,47,49-50H,13-14H2,1-2H3/t15-,19-,20?,21?,22?,23-,24?,25-,26-,27-,28?,29?,30+,33-,34+/m1/s1. The van der Waals surface area contributed by atoms with Crippen molar-refractivity contribution in [1.82, 2.24) is 0 Å². The largest absolute Gasteiger partial charge is 0.459 e. The summed E-state index contributed by atoms with van der Waals surface area (Å²) in [7, 11) is 0. The Morgan fingerprint density at radius 1 is 0.712 bits per heavy atom. The number of rotatable bonds is 15. The Hall–Kier alpha value is -6.19. The molecular formula is C34H38N12O13. The highest BCUT2D eigenvalue weighted by Crippen LogP contribution is 2.39. The number of carbonyl (C=O) groups is 3. The average molecular weight is 823 g/mol. The van der Waals surface area contributed by atoms with E-state index in [2.05, 4.69) is 40.1 Å². The van der Waals surface area contributed by atoms with Gasteiger partial charge in [0.15, 0.2) is 24.8 Å². The summed E-state index contributed by atoms with van der Waals surface area (Å²) in [6.07, 6.45) is -18.9. The maximum absolute atomic E-state index is 13.7. The molecule has 6 unspecified atom stereocenters. The van der Waals surface area contributed by atoms with Gasteiger partial charge in [-0.2, -0.15) is 0 Å². The zero-order valence-electron chi connectivity index (χ0n) is 31.1. The highest BCUT2D eigenvalue weighted by molar-refractivity contribution is 5.90. The van der Waals surface area contributed by atoms with Crippen molar-refractivity contribution >= 4 is 17.9 Å². The SMILES string of the molecule is CC(=O)O[C@H]1C(O[C@@H]2O[C@H]([C@@H](C)N=[N+]=[N-])C(OC(=O)c3ccccc3)[C@@H]2OC(=O)c2ccccc2)[C@H](O[C@H]2OC(CO)[C@@H](O)C(O)C2N=[N+]=[N-])C(N=[N+]=[N-])C[C@H]1N=[N+]=[N-]. The van der Waals surface area contributed by atoms with Gasteiger partial charge in [0.05, 0.1) is 48.1 Å². The first-order valence-corrected chi connectivity index (χ1v) is 17.9. The molecule has 312 valence electrons. The van der Waals surface area contributed by atoms with Crippen LogP contribution in [0.3, 0.4) is 0 Å². The molecule has 5 rings (SSSR count). The summed E-state index contributed by atoms with van der Waals surface area (Å²) >= 11 is 0. The van der Waals surface area contributed by atoms with E-state index in [1.165, 1.54) is 31.2 Å². The van der Waals surface area contributed by atoms with Crippen LogP contribution in [0.4, 0.5) is 0 Å². The normalized spacial score (nSPS) is 33.0. The minimum Gasteiger partial charge on any atom is -0.459 e. The summed E-state index contributed by atoms with van der Waals surface area (Å²) in [6.45, 7) is 1.60. The number of carbonyl (C=O) groups excluding carboxylic acids is 3. The van der Waals surface area contributed by atoms with Crippen LogP contribution in [-0.2, 0) is 38.0 Å². The van der Waals surface area contributed by atoms with E-state index >= 15 is 0 Å². The van der Waals surface area contributed by atoms with Gasteiger partial charge in [-0.05, 0) is 52.8 Å². The second-order valence-corrected chi connectivity index (χ2v) is 13.3. The van der Waals surface area contributed by atoms with Crippen molar-refractivity contribution in [3.05, 3.63) is 114 Å². The zero-order chi connectivity index (χ0) is 42.6. The molecule has 2 aliphatic heterocycles. The smallest absolute Gasteiger partial charge is 0.338 e. The van der Waals surface area contributed by atoms with Crippen LogP contribution in [0.15, 0.2) is 81.1 Å². The molecule has 25 heteroatoms. The fraction of sp³-hybridized carbons (Fsp3) is 0.559. The van der Waals surface area contributed by atoms with Crippen LogP contribution in [-0.4, -0.2) is 132 Å². The monoisotopic (exact) mass is 822 g/mol. The number of hydrogen-bond donors (Lipinski definition) is 3. The Morgan fingerprint density at radius 3 is 1.78 bits per heavy atom. The maximum atomic E-state index is 13.7. The number of ether oxygens (including phenoxy) is 7. The molecular weight excluding hydrogens is 784 g/mol. The molecule has 2 aromatic carbocycles. The number of hydrogen-bond acceptors (Lipinski definition) is 17. The zero-order valence-corrected chi connectivity index (χ0v) is 31.1. The molecule has 0 spiro atoms. The highest BCUT2D eigenvalue weighted by Gasteiger charge is 2.57. The predicted molar refractivity (Wildman–Crippen MR) is 195 cm³/mol. The third kappa shape index (κ3) is 10.3. The van der Waals surface area contributed by atoms with E-state index in [4.69, 9.17) is 33.2 Å². The van der Waals surface area contributed by atoms with Crippen molar-refractivity contribution in [3.63, 3.8) is 0 Å². The van der Waals surface area contributed by atoms with Crippen LogP contribution in [0.2, 0.25) is 0 Å². The molecule has 59 heavy (non-hydrogen) atoms. The summed E-state index contributed by atoms with van der Waals surface area (Å²) < 4.78 is 42.1. The Balaban J connectivity index is 1.65. The Morgan fingerprint density at radius 2 is 1.25 bits per heavy atom. The van der Waals surface area contributed by atoms with E-state index in [0.29, 0.717) is 0 Å². The lowest BCUT2D eigenvalue weighted by atomic mass is 9.83. The van der Waals surface area contributed by atoms with Gasteiger partial charge in [-0.3, -0.25) is 4.79 Å². The van der Waals surface area contributed by atoms with Gasteiger partial charge in [-0.15, -0.1) is 0 Å². The van der Waals surface area contributed by atoms with Crippen molar-refractivity contribution < 1.29 is 62.9 Å². The van der Waals surface area contributed by atoms with Crippen molar-refractivity contribution in [1.29, 1.82) is 0 Å². The van der Waals surface area contributed by atoms with Crippen molar-refractivity contribution in [2.24, 2.45) is 20.5 Å². The van der Waals surface area contributed by atoms with E-state index in [1.54, 1.807) is 36.4 Å². The molecule has 15 atom stereocenters. The second-order valence-electron chi connectivity index (χ2n) is 13.3. The van der Waals surface area contributed by atoms with Crippen LogP contribution < -0.4 is 0 Å². The van der Waals surface area contributed by atoms with E-state index < -0.39 is 116 Å². The molecule has 2 heterocycles. The first kappa shape index (κ1) is 43.9. The van der Waals surface area contributed by atoms with E-state index in [0.717, 1.165) is 6.92 Å². The van der Waals surface area contributed by atoms with Crippen LogP contribution >= 0.6 is 0 Å². The molecule has 25 nitrogen and oxygen atoms in total. The summed E-state index contributed by atoms with van der Waals surface area (Å²) in [5.41, 5.74) is 38.0. The first-order chi connectivity index (χ1) is 28.4. The van der Waals surface area contributed by atoms with Gasteiger partial charge in [0, 0.05) is 26.6 Å². The van der Waals surface area contributed by atoms with Gasteiger partial charge >= 0.3 is 17.9 Å². The lowest BCUT2D eigenvalue weighted by molar-refractivity contribution is -0.310. The molecule has 2 aromatic rings. The summed E-state index contributed by atoms with van der Waals surface area (Å²) in [4.78, 5) is 51.1. The van der Waals surface area contributed by atoms with Gasteiger partial charge in [-0.1, -0.05) is 63.8 Å². The molecule has 1 aliphatic carbocycles. The number of azide groups is 4. The van der Waals surface area contributed by atoms with Gasteiger partial charge in [-0.25, -0.2) is 9.59 Å². The quantitative estimate of drug-likeness (QED) is 0.0763. The Bertz CT molecular complexity index is 2000. The lowest BCUT2D eigenvalue weighted by Crippen LogP contribution is -2.64. The van der Waals surface area contributed by atoms with Crippen LogP contribution in [0.25, 0.3) is 41.8 Å². The highest BCUT2D eigenvalue weighted by atomic mass is 16.8. The van der Waals surface area contributed by atoms with Gasteiger partial charge in [0.2, 0.25) is 0 Å². The third-order valence-corrected chi connectivity index (χ3v) is 9.63. The minimum absolute atomic E-state index is 0.0483. The van der Waals surface area contributed by atoms with Gasteiger partial charge < -0.3 is 48.5 Å². The van der Waals surface area contributed by atoms with Crippen LogP contribution in [0.5, 0.6) is 0 Å². The first-order valence-electron chi connectivity index (χ1n) is 17.9. The summed E-state index contributed by atoms with van der Waals surface area (Å²) in [5, 5.41) is 46.0. The molecule has 0 radical (unpaired) electrons. The lowest BCUT2D eigenvalue weighted by Gasteiger charge is -2.47. The molecule has 3 fully saturated rings. The number of esters is 3. The molecule has 1 saturated carbocycles. The number of benzene rings is 2. The Kier molecular flexibility index (Phi) is 15.2. The molecule has 2 saturated heterocycles. The van der Waals surface area contributed by atoms with Crippen molar-refractivity contribution in [3.8, 4) is 0 Å². The van der Waals surface area contributed by atoms with E-state index in [-0.39, 0.29) is 17.5 Å². The van der Waals surface area contributed by atoms with Gasteiger partial charge in [0.1, 0.15) is 36.6 Å². The van der Waals surface area contributed by atoms with Gasteiger partial charge in [0.25, 0.3) is 0 Å². The topological polar surface area (TPSA) is 372 Å². The number of aliphatic hydroxyl groups is 3. The number of nitrogens with zero attached hydrogens (tertiary/aromatic N) is 12. The maximum Gasteiger partial charge on any atom is 0.338 e. The van der Waals surface area contributed by atoms with Crippen molar-refractivity contribution in [2.45, 2.75) is 112 Å². The predicted octanol–water partition coefficient (Wildman–Crippen LogP) is 3.44. The van der Waals surface area contributed by atoms with Crippen molar-refractivity contribution in [2.75, 3.05) is 6.61 Å². The number of aliphatic hydroxyl groups excluding tert-OH is 3. The molecule has 0 amide bonds. The summed E-state index contributed by atoms with van der Waals surface area (Å²) in [5.74, 6) is -2.78. The Labute approximate surface area is 333 Å². The average Bonchev–Trinajstić information content (AvgIpc) is 3.56. The fourth-order valence-electron chi connectivity index (χ4n) is 6.92. The molecule has 3 N–H and O–H groups in total. The minimum atomic E-state index is -1.87. The molecule has 0 bridgehead atoms. The molecule has 3 aliphatic rings. The third-order valence-electron chi connectivity index (χ3n) is 9.63. The van der Waals surface area contributed by atoms with E-state index in [9.17, 15) is 51.8 Å². The van der Waals surface area contributed by atoms with Crippen LogP contribution in [0, 0.1) is 0 Å². The fourth-order valence-corrected chi connectivity index (χ4v) is 6.92.